The van der Waals surface area contributed by atoms with Crippen molar-refractivity contribution >= 4 is 23.1 Å². The Morgan fingerprint density at radius 1 is 1.42 bits per heavy atom. The quantitative estimate of drug-likeness (QED) is 0.923. The normalized spacial score (nSPS) is 10.8. The molecule has 1 N–H and O–H groups in total. The molecule has 0 radical (unpaired) electrons. The Balaban J connectivity index is 2.18. The highest BCUT2D eigenvalue weighted by molar-refractivity contribution is 7.14. The fourth-order valence-electron chi connectivity index (χ4n) is 1.68. The van der Waals surface area contributed by atoms with Crippen molar-refractivity contribution in [2.75, 3.05) is 5.32 Å². The minimum Gasteiger partial charge on any atom is -0.306 e. The Labute approximate surface area is 115 Å². The molecule has 0 fully saturated rings. The topological polar surface area (TPSA) is 42.0 Å². The molecule has 0 spiro atoms. The van der Waals surface area contributed by atoms with Gasteiger partial charge in [0.2, 0.25) is 0 Å². The maximum absolute atomic E-state index is 13.6. The molecule has 2 aromatic rings. The van der Waals surface area contributed by atoms with Gasteiger partial charge in [-0.15, -0.1) is 11.3 Å². The number of aryl methyl sites for hydroxylation is 1. The van der Waals surface area contributed by atoms with E-state index in [1.165, 1.54) is 17.4 Å². The van der Waals surface area contributed by atoms with Crippen LogP contribution in [0.3, 0.4) is 0 Å². The van der Waals surface area contributed by atoms with Gasteiger partial charge in [0.15, 0.2) is 0 Å². The molecule has 1 amide bonds. The van der Waals surface area contributed by atoms with Crippen LogP contribution < -0.4 is 5.32 Å². The molecule has 0 saturated heterocycles. The molecule has 2 rings (SSSR count). The average Bonchev–Trinajstić information content (AvgIpc) is 2.71. The molecule has 2 heterocycles. The van der Waals surface area contributed by atoms with E-state index in [4.69, 9.17) is 0 Å². The summed E-state index contributed by atoms with van der Waals surface area (Å²) in [6.45, 7) is 5.65. The van der Waals surface area contributed by atoms with Crippen LogP contribution in [0.4, 0.5) is 10.2 Å². The molecule has 19 heavy (non-hydrogen) atoms. The van der Waals surface area contributed by atoms with Crippen LogP contribution in [0.1, 0.15) is 40.0 Å². The van der Waals surface area contributed by atoms with Gasteiger partial charge in [-0.3, -0.25) is 4.79 Å². The van der Waals surface area contributed by atoms with Crippen molar-refractivity contribution in [1.29, 1.82) is 0 Å². The van der Waals surface area contributed by atoms with Crippen LogP contribution in [0, 0.1) is 12.7 Å². The van der Waals surface area contributed by atoms with Crippen LogP contribution in [0.2, 0.25) is 0 Å². The van der Waals surface area contributed by atoms with E-state index < -0.39 is 0 Å². The molecule has 100 valence electrons. The highest BCUT2D eigenvalue weighted by atomic mass is 32.1. The van der Waals surface area contributed by atoms with Gasteiger partial charge in [-0.1, -0.05) is 19.9 Å². The summed E-state index contributed by atoms with van der Waals surface area (Å²) in [7, 11) is 0. The summed E-state index contributed by atoms with van der Waals surface area (Å²) in [5, 5.41) is 2.67. The molecular weight excluding hydrogens is 263 g/mol. The van der Waals surface area contributed by atoms with E-state index in [1.54, 1.807) is 6.07 Å². The first kappa shape index (κ1) is 13.7. The highest BCUT2D eigenvalue weighted by Gasteiger charge is 2.17. The van der Waals surface area contributed by atoms with E-state index >= 15 is 0 Å². The van der Waals surface area contributed by atoms with E-state index in [2.05, 4.69) is 10.3 Å². The third kappa shape index (κ3) is 3.17. The van der Waals surface area contributed by atoms with Gasteiger partial charge in [0.25, 0.3) is 5.91 Å². The lowest BCUT2D eigenvalue weighted by Crippen LogP contribution is -2.11. The number of thiophene rings is 1. The molecule has 0 aliphatic rings. The van der Waals surface area contributed by atoms with Gasteiger partial charge in [-0.05, 0) is 31.0 Å². The Kier molecular flexibility index (Phi) is 3.95. The second-order valence-electron chi connectivity index (χ2n) is 4.60. The standard InChI is InChI=1S/C14H15FN2OS/c1-8(2)13-10(15)7-11(19-13)14(18)17-12-6-4-5-9(3)16-12/h4-8H,1-3H3,(H,16,17,18). The number of amides is 1. The molecule has 0 aliphatic heterocycles. The first-order chi connectivity index (χ1) is 8.97. The Morgan fingerprint density at radius 2 is 2.16 bits per heavy atom. The first-order valence-electron chi connectivity index (χ1n) is 6.01. The van der Waals surface area contributed by atoms with Gasteiger partial charge >= 0.3 is 0 Å². The van der Waals surface area contributed by atoms with Gasteiger partial charge in [-0.2, -0.15) is 0 Å². The van der Waals surface area contributed by atoms with Crippen molar-refractivity contribution in [2.45, 2.75) is 26.7 Å². The van der Waals surface area contributed by atoms with Gasteiger partial charge in [0.1, 0.15) is 11.6 Å². The van der Waals surface area contributed by atoms with Gasteiger partial charge in [-0.25, -0.2) is 9.37 Å². The van der Waals surface area contributed by atoms with Crippen molar-refractivity contribution in [3.8, 4) is 0 Å². The zero-order valence-corrected chi connectivity index (χ0v) is 11.8. The van der Waals surface area contributed by atoms with Crippen LogP contribution in [0.15, 0.2) is 24.3 Å². The van der Waals surface area contributed by atoms with Crippen LogP contribution in [-0.4, -0.2) is 10.9 Å². The number of anilines is 1. The van der Waals surface area contributed by atoms with Gasteiger partial charge < -0.3 is 5.32 Å². The lowest BCUT2D eigenvalue weighted by Gasteiger charge is -2.03. The van der Waals surface area contributed by atoms with E-state index in [1.807, 2.05) is 32.9 Å². The molecule has 0 aliphatic carbocycles. The lowest BCUT2D eigenvalue weighted by atomic mass is 10.2. The molecule has 0 atom stereocenters. The molecule has 3 nitrogen and oxygen atoms in total. The summed E-state index contributed by atoms with van der Waals surface area (Å²) in [4.78, 5) is 17.2. The number of nitrogens with zero attached hydrogens (tertiary/aromatic N) is 1. The summed E-state index contributed by atoms with van der Waals surface area (Å²) < 4.78 is 13.6. The van der Waals surface area contributed by atoms with Crippen LogP contribution in [-0.2, 0) is 0 Å². The van der Waals surface area contributed by atoms with E-state index in [0.29, 0.717) is 15.6 Å². The monoisotopic (exact) mass is 278 g/mol. The number of carbonyl (C=O) groups is 1. The summed E-state index contributed by atoms with van der Waals surface area (Å²) in [6.07, 6.45) is 0. The molecule has 0 unspecified atom stereocenters. The SMILES string of the molecule is Cc1cccc(NC(=O)c2cc(F)c(C(C)C)s2)n1. The molecule has 0 bridgehead atoms. The van der Waals surface area contributed by atoms with Gasteiger partial charge in [0, 0.05) is 10.6 Å². The summed E-state index contributed by atoms with van der Waals surface area (Å²) in [5.41, 5.74) is 0.818. The number of rotatable bonds is 3. The first-order valence-corrected chi connectivity index (χ1v) is 6.83. The number of carbonyl (C=O) groups excluding carboxylic acids is 1. The van der Waals surface area contributed by atoms with Crippen molar-refractivity contribution in [2.24, 2.45) is 0 Å². The Morgan fingerprint density at radius 3 is 2.74 bits per heavy atom. The zero-order chi connectivity index (χ0) is 14.0. The van der Waals surface area contributed by atoms with Crippen molar-refractivity contribution in [1.82, 2.24) is 4.98 Å². The van der Waals surface area contributed by atoms with E-state index in [0.717, 1.165) is 5.69 Å². The summed E-state index contributed by atoms with van der Waals surface area (Å²) in [5.74, 6) is -0.0928. The summed E-state index contributed by atoms with van der Waals surface area (Å²) in [6, 6.07) is 6.65. The number of aromatic nitrogens is 1. The third-order valence-electron chi connectivity index (χ3n) is 2.59. The Bertz CT molecular complexity index is 607. The fraction of sp³-hybridized carbons (Fsp3) is 0.286. The van der Waals surface area contributed by atoms with Crippen LogP contribution >= 0.6 is 11.3 Å². The second kappa shape index (κ2) is 5.48. The number of halogens is 1. The second-order valence-corrected chi connectivity index (χ2v) is 5.68. The maximum Gasteiger partial charge on any atom is 0.266 e. The summed E-state index contributed by atoms with van der Waals surface area (Å²) >= 11 is 1.18. The predicted octanol–water partition coefficient (Wildman–Crippen LogP) is 3.97. The minimum atomic E-state index is -0.325. The molecule has 0 aromatic carbocycles. The largest absolute Gasteiger partial charge is 0.306 e. The third-order valence-corrected chi connectivity index (χ3v) is 4.00. The van der Waals surface area contributed by atoms with E-state index in [9.17, 15) is 9.18 Å². The number of pyridine rings is 1. The van der Waals surface area contributed by atoms with E-state index in [-0.39, 0.29) is 17.6 Å². The highest BCUT2D eigenvalue weighted by Crippen LogP contribution is 2.28. The van der Waals surface area contributed by atoms with Crippen molar-refractivity contribution < 1.29 is 9.18 Å². The zero-order valence-electron chi connectivity index (χ0n) is 11.0. The van der Waals surface area contributed by atoms with Crippen molar-refractivity contribution in [3.05, 3.63) is 45.5 Å². The molecule has 0 saturated carbocycles. The van der Waals surface area contributed by atoms with Crippen LogP contribution in [0.25, 0.3) is 0 Å². The molecular formula is C14H15FN2OS. The lowest BCUT2D eigenvalue weighted by molar-refractivity contribution is 0.103. The van der Waals surface area contributed by atoms with Gasteiger partial charge in [0.05, 0.1) is 4.88 Å². The smallest absolute Gasteiger partial charge is 0.266 e. The van der Waals surface area contributed by atoms with Crippen molar-refractivity contribution in [3.63, 3.8) is 0 Å². The number of hydrogen-bond acceptors (Lipinski definition) is 3. The predicted molar refractivity (Wildman–Crippen MR) is 75.3 cm³/mol. The number of hydrogen-bond donors (Lipinski definition) is 1. The molecule has 5 heteroatoms. The fourth-order valence-corrected chi connectivity index (χ4v) is 2.61. The average molecular weight is 278 g/mol. The minimum absolute atomic E-state index is 0.0728. The Hall–Kier alpha value is -1.75. The van der Waals surface area contributed by atoms with Crippen LogP contribution in [0.5, 0.6) is 0 Å². The maximum atomic E-state index is 13.6. The number of nitrogens with one attached hydrogen (secondary N) is 1. The molecule has 2 aromatic heterocycles.